The SMILES string of the molecule is Cc1ccc(NC(=O)N2C[C@H]3C[C@@H]2CN3c2ccccc2)cc1-c1ccccn1. The molecule has 5 heteroatoms. The van der Waals surface area contributed by atoms with Crippen molar-refractivity contribution in [2.45, 2.75) is 25.4 Å². The number of para-hydroxylation sites is 1. The van der Waals surface area contributed by atoms with E-state index in [2.05, 4.69) is 46.4 Å². The van der Waals surface area contributed by atoms with Gasteiger partial charge in [0.25, 0.3) is 0 Å². The molecule has 146 valence electrons. The minimum Gasteiger partial charge on any atom is -0.365 e. The van der Waals surface area contributed by atoms with Crippen molar-refractivity contribution in [3.05, 3.63) is 78.5 Å². The molecule has 3 aromatic rings. The Morgan fingerprint density at radius 3 is 2.55 bits per heavy atom. The maximum atomic E-state index is 13.0. The number of hydrogen-bond donors (Lipinski definition) is 1. The fourth-order valence-electron chi connectivity index (χ4n) is 4.54. The van der Waals surface area contributed by atoms with Gasteiger partial charge in [-0.25, -0.2) is 4.79 Å². The van der Waals surface area contributed by atoms with Crippen molar-refractivity contribution in [2.75, 3.05) is 23.3 Å². The quantitative estimate of drug-likeness (QED) is 0.721. The summed E-state index contributed by atoms with van der Waals surface area (Å²) in [5.41, 5.74) is 5.16. The molecule has 2 amide bonds. The number of pyridine rings is 1. The lowest BCUT2D eigenvalue weighted by Gasteiger charge is -2.35. The highest BCUT2D eigenvalue weighted by molar-refractivity contribution is 5.91. The average Bonchev–Trinajstić information content (AvgIpc) is 3.37. The van der Waals surface area contributed by atoms with Gasteiger partial charge in [0, 0.05) is 42.3 Å². The molecule has 2 aliphatic rings. The number of piperazine rings is 1. The van der Waals surface area contributed by atoms with Crippen molar-refractivity contribution in [1.82, 2.24) is 9.88 Å². The van der Waals surface area contributed by atoms with Gasteiger partial charge in [-0.15, -0.1) is 0 Å². The molecule has 1 aromatic heterocycles. The zero-order valence-corrected chi connectivity index (χ0v) is 16.5. The van der Waals surface area contributed by atoms with E-state index >= 15 is 0 Å². The van der Waals surface area contributed by atoms with Gasteiger partial charge in [0.2, 0.25) is 0 Å². The molecule has 29 heavy (non-hydrogen) atoms. The van der Waals surface area contributed by atoms with E-state index in [0.717, 1.165) is 42.0 Å². The molecule has 0 saturated carbocycles. The smallest absolute Gasteiger partial charge is 0.322 e. The van der Waals surface area contributed by atoms with Crippen molar-refractivity contribution in [3.8, 4) is 11.3 Å². The van der Waals surface area contributed by atoms with E-state index < -0.39 is 0 Å². The van der Waals surface area contributed by atoms with E-state index in [1.807, 2.05) is 47.4 Å². The number of benzene rings is 2. The summed E-state index contributed by atoms with van der Waals surface area (Å²) in [5.74, 6) is 0. The number of amides is 2. The van der Waals surface area contributed by atoms with Gasteiger partial charge in [-0.1, -0.05) is 30.3 Å². The third-order valence-corrected chi connectivity index (χ3v) is 6.02. The number of hydrogen-bond acceptors (Lipinski definition) is 3. The van der Waals surface area contributed by atoms with Crippen molar-refractivity contribution in [1.29, 1.82) is 0 Å². The van der Waals surface area contributed by atoms with E-state index in [9.17, 15) is 4.79 Å². The summed E-state index contributed by atoms with van der Waals surface area (Å²) in [5, 5.41) is 3.10. The normalized spacial score (nSPS) is 20.2. The fourth-order valence-corrected chi connectivity index (χ4v) is 4.54. The van der Waals surface area contributed by atoms with E-state index in [4.69, 9.17) is 0 Å². The van der Waals surface area contributed by atoms with Gasteiger partial charge in [0.15, 0.2) is 0 Å². The van der Waals surface area contributed by atoms with Crippen LogP contribution in [-0.2, 0) is 0 Å². The molecule has 2 saturated heterocycles. The first-order valence-corrected chi connectivity index (χ1v) is 10.1. The average molecular weight is 384 g/mol. The molecule has 3 heterocycles. The Morgan fingerprint density at radius 2 is 1.83 bits per heavy atom. The van der Waals surface area contributed by atoms with Crippen LogP contribution >= 0.6 is 0 Å². The molecule has 2 bridgehead atoms. The summed E-state index contributed by atoms with van der Waals surface area (Å²) in [6.07, 6.45) is 2.83. The number of likely N-dealkylation sites (tertiary alicyclic amines) is 1. The number of anilines is 2. The molecule has 0 aliphatic carbocycles. The first-order chi connectivity index (χ1) is 14.2. The third kappa shape index (κ3) is 3.33. The molecule has 0 unspecified atom stereocenters. The van der Waals surface area contributed by atoms with Crippen LogP contribution in [0.3, 0.4) is 0 Å². The summed E-state index contributed by atoms with van der Waals surface area (Å²) in [4.78, 5) is 21.8. The van der Waals surface area contributed by atoms with Crippen LogP contribution in [0.15, 0.2) is 72.9 Å². The molecular formula is C24H24N4O. The van der Waals surface area contributed by atoms with Crippen LogP contribution in [0.2, 0.25) is 0 Å². The highest BCUT2D eigenvalue weighted by atomic mass is 16.2. The maximum absolute atomic E-state index is 13.0. The number of fused-ring (bicyclic) bond motifs is 2. The Bertz CT molecular complexity index is 1020. The highest BCUT2D eigenvalue weighted by Crippen LogP contribution is 2.35. The first kappa shape index (κ1) is 17.7. The molecule has 5 nitrogen and oxygen atoms in total. The molecule has 5 rings (SSSR count). The minimum atomic E-state index is -0.0129. The zero-order chi connectivity index (χ0) is 19.8. The second-order valence-corrected chi connectivity index (χ2v) is 7.86. The van der Waals surface area contributed by atoms with E-state index in [-0.39, 0.29) is 12.1 Å². The lowest BCUT2D eigenvalue weighted by atomic mass is 10.0. The van der Waals surface area contributed by atoms with Crippen LogP contribution < -0.4 is 10.2 Å². The predicted molar refractivity (Wildman–Crippen MR) is 116 cm³/mol. The maximum Gasteiger partial charge on any atom is 0.322 e. The molecule has 0 radical (unpaired) electrons. The van der Waals surface area contributed by atoms with Crippen LogP contribution in [0.5, 0.6) is 0 Å². The lowest BCUT2D eigenvalue weighted by Crippen LogP contribution is -2.50. The number of aryl methyl sites for hydroxylation is 1. The van der Waals surface area contributed by atoms with Gasteiger partial charge in [0.05, 0.1) is 11.7 Å². The fraction of sp³-hybridized carbons (Fsp3) is 0.250. The Balaban J connectivity index is 1.29. The molecule has 0 spiro atoms. The van der Waals surface area contributed by atoms with E-state index in [1.54, 1.807) is 6.20 Å². The number of carbonyl (C=O) groups is 1. The van der Waals surface area contributed by atoms with E-state index in [1.165, 1.54) is 5.69 Å². The molecule has 2 fully saturated rings. The number of nitrogens with one attached hydrogen (secondary N) is 1. The van der Waals surface area contributed by atoms with Gasteiger partial charge < -0.3 is 15.1 Å². The lowest BCUT2D eigenvalue weighted by molar-refractivity contribution is 0.202. The van der Waals surface area contributed by atoms with Crippen LogP contribution in [-0.4, -0.2) is 41.1 Å². The largest absolute Gasteiger partial charge is 0.365 e. The van der Waals surface area contributed by atoms with Crippen molar-refractivity contribution >= 4 is 17.4 Å². The van der Waals surface area contributed by atoms with Gasteiger partial charge in [-0.2, -0.15) is 0 Å². The number of carbonyl (C=O) groups excluding carboxylic acids is 1. The Morgan fingerprint density at radius 1 is 1.00 bits per heavy atom. The number of aromatic nitrogens is 1. The second kappa shape index (κ2) is 7.24. The summed E-state index contributed by atoms with van der Waals surface area (Å²) in [6.45, 7) is 3.73. The molecular weight excluding hydrogens is 360 g/mol. The predicted octanol–water partition coefficient (Wildman–Crippen LogP) is 4.55. The van der Waals surface area contributed by atoms with Crippen LogP contribution in [0.4, 0.5) is 16.2 Å². The topological polar surface area (TPSA) is 48.5 Å². The van der Waals surface area contributed by atoms with Crippen molar-refractivity contribution < 1.29 is 4.79 Å². The number of urea groups is 1. The monoisotopic (exact) mass is 384 g/mol. The Hall–Kier alpha value is -3.34. The van der Waals surface area contributed by atoms with Gasteiger partial charge in [-0.05, 0) is 55.3 Å². The standard InChI is InChI=1S/C24H24N4O/c1-17-10-11-18(13-22(17)23-9-5-6-12-25-23)26-24(29)28-16-20-14-21(28)15-27(20)19-7-3-2-4-8-19/h2-13,20-21H,14-16H2,1H3,(H,26,29)/t20-,21-/m1/s1. The van der Waals surface area contributed by atoms with Crippen LogP contribution in [0.25, 0.3) is 11.3 Å². The zero-order valence-electron chi connectivity index (χ0n) is 16.5. The molecule has 2 aliphatic heterocycles. The molecule has 2 aromatic carbocycles. The molecule has 2 atom stereocenters. The summed E-state index contributed by atoms with van der Waals surface area (Å²) in [7, 11) is 0. The van der Waals surface area contributed by atoms with E-state index in [0.29, 0.717) is 6.04 Å². The molecule has 1 N–H and O–H groups in total. The van der Waals surface area contributed by atoms with Crippen LogP contribution in [0, 0.1) is 6.92 Å². The summed E-state index contributed by atoms with van der Waals surface area (Å²) in [6, 6.07) is 23.0. The van der Waals surface area contributed by atoms with Crippen LogP contribution in [0.1, 0.15) is 12.0 Å². The number of rotatable bonds is 3. The van der Waals surface area contributed by atoms with Crippen molar-refractivity contribution in [3.63, 3.8) is 0 Å². The summed E-state index contributed by atoms with van der Waals surface area (Å²) >= 11 is 0. The first-order valence-electron chi connectivity index (χ1n) is 10.1. The Kier molecular flexibility index (Phi) is 4.43. The number of nitrogens with zero attached hydrogens (tertiary/aromatic N) is 3. The van der Waals surface area contributed by atoms with Gasteiger partial charge in [-0.3, -0.25) is 4.98 Å². The second-order valence-electron chi connectivity index (χ2n) is 7.86. The Labute approximate surface area is 171 Å². The van der Waals surface area contributed by atoms with Gasteiger partial charge >= 0.3 is 6.03 Å². The minimum absolute atomic E-state index is 0.0129. The highest BCUT2D eigenvalue weighted by Gasteiger charge is 2.45. The van der Waals surface area contributed by atoms with Crippen molar-refractivity contribution in [2.24, 2.45) is 0 Å². The van der Waals surface area contributed by atoms with Gasteiger partial charge in [0.1, 0.15) is 0 Å². The summed E-state index contributed by atoms with van der Waals surface area (Å²) < 4.78 is 0. The third-order valence-electron chi connectivity index (χ3n) is 6.02.